The minimum Gasteiger partial charge on any atom is -0.406 e. The smallest absolute Gasteiger partial charge is 0.406 e. The molecule has 5 nitrogen and oxygen atoms in total. The topological polar surface area (TPSA) is 62.9 Å². The van der Waals surface area contributed by atoms with E-state index in [4.69, 9.17) is 5.73 Å². The molecule has 0 spiro atoms. The molecule has 0 bridgehead atoms. The maximum absolute atomic E-state index is 12.2. The molecule has 0 fully saturated rings. The molecule has 0 amide bonds. The monoisotopic (exact) mass is 522 g/mol. The van der Waals surface area contributed by atoms with Crippen LogP contribution in [-0.2, 0) is 13.1 Å². The summed E-state index contributed by atoms with van der Waals surface area (Å²) < 4.78 is 40.3. The van der Waals surface area contributed by atoms with E-state index in [0.29, 0.717) is 12.2 Å². The predicted molar refractivity (Wildman–Crippen MR) is 121 cm³/mol. The summed E-state index contributed by atoms with van der Waals surface area (Å²) in [6, 6.07) is 13.4. The minimum atomic E-state index is -4.71. The van der Waals surface area contributed by atoms with E-state index in [2.05, 4.69) is 45.9 Å². The highest BCUT2D eigenvalue weighted by Crippen LogP contribution is 2.23. The summed E-state index contributed by atoms with van der Waals surface area (Å²) in [4.78, 5) is 6.61. The molecule has 160 valence electrons. The molecule has 0 aromatic heterocycles. The first-order valence-corrected chi connectivity index (χ1v) is 9.02. The number of rotatable bonds is 8. The molecule has 0 unspecified atom stereocenters. The van der Waals surface area contributed by atoms with Crippen molar-refractivity contribution in [3.05, 3.63) is 59.7 Å². The van der Waals surface area contributed by atoms with Crippen molar-refractivity contribution in [2.75, 3.05) is 18.4 Å². The van der Waals surface area contributed by atoms with E-state index in [1.807, 2.05) is 12.1 Å². The SMILES string of the molecule is CCN(CC)Cc1cccc(CN=C(N)Nc2ccc(OC(F)(F)F)cc2)c1.I. The molecular weight excluding hydrogens is 496 g/mol. The molecule has 0 aliphatic heterocycles. The van der Waals surface area contributed by atoms with Gasteiger partial charge in [-0.15, -0.1) is 37.1 Å². The zero-order valence-corrected chi connectivity index (χ0v) is 18.7. The van der Waals surface area contributed by atoms with Crippen LogP contribution in [0.2, 0.25) is 0 Å². The van der Waals surface area contributed by atoms with Crippen LogP contribution in [0.1, 0.15) is 25.0 Å². The molecule has 0 aliphatic carbocycles. The number of alkyl halides is 3. The molecule has 0 saturated carbocycles. The molecule has 0 atom stereocenters. The summed E-state index contributed by atoms with van der Waals surface area (Å²) in [7, 11) is 0. The van der Waals surface area contributed by atoms with Crippen LogP contribution in [0.25, 0.3) is 0 Å². The first kappa shape index (κ1) is 25.0. The fraction of sp³-hybridized carbons (Fsp3) is 0.350. The van der Waals surface area contributed by atoms with Crippen molar-refractivity contribution in [2.24, 2.45) is 10.7 Å². The Bertz CT molecular complexity index is 778. The summed E-state index contributed by atoms with van der Waals surface area (Å²) in [5, 5.41) is 2.85. The van der Waals surface area contributed by atoms with Gasteiger partial charge in [0.2, 0.25) is 0 Å². The van der Waals surface area contributed by atoms with E-state index in [1.165, 1.54) is 29.8 Å². The Morgan fingerprint density at radius 2 is 1.69 bits per heavy atom. The normalized spacial score (nSPS) is 11.9. The predicted octanol–water partition coefficient (Wildman–Crippen LogP) is 4.97. The van der Waals surface area contributed by atoms with E-state index >= 15 is 0 Å². The number of hydrogen-bond donors (Lipinski definition) is 2. The lowest BCUT2D eigenvalue weighted by molar-refractivity contribution is -0.274. The molecule has 2 aromatic carbocycles. The summed E-state index contributed by atoms with van der Waals surface area (Å²) in [5.41, 5.74) is 8.64. The number of benzene rings is 2. The number of anilines is 1. The zero-order chi connectivity index (χ0) is 20.6. The highest BCUT2D eigenvalue weighted by Gasteiger charge is 2.30. The van der Waals surface area contributed by atoms with Crippen molar-refractivity contribution in [3.63, 3.8) is 0 Å². The fourth-order valence-electron chi connectivity index (χ4n) is 2.64. The summed E-state index contributed by atoms with van der Waals surface area (Å²) >= 11 is 0. The van der Waals surface area contributed by atoms with Crippen molar-refractivity contribution < 1.29 is 17.9 Å². The molecule has 0 radical (unpaired) electrons. The van der Waals surface area contributed by atoms with E-state index in [9.17, 15) is 13.2 Å². The van der Waals surface area contributed by atoms with E-state index in [-0.39, 0.29) is 35.7 Å². The van der Waals surface area contributed by atoms with Gasteiger partial charge >= 0.3 is 6.36 Å². The molecule has 2 rings (SSSR count). The van der Waals surface area contributed by atoms with Gasteiger partial charge in [-0.1, -0.05) is 38.1 Å². The van der Waals surface area contributed by atoms with Crippen LogP contribution >= 0.6 is 24.0 Å². The minimum absolute atomic E-state index is 0. The maximum atomic E-state index is 12.2. The molecule has 0 heterocycles. The Balaban J connectivity index is 0.00000420. The van der Waals surface area contributed by atoms with Gasteiger partial charge in [0, 0.05) is 12.2 Å². The summed E-state index contributed by atoms with van der Waals surface area (Å²) in [6.07, 6.45) is -4.71. The average Bonchev–Trinajstić information content (AvgIpc) is 2.65. The lowest BCUT2D eigenvalue weighted by atomic mass is 10.1. The van der Waals surface area contributed by atoms with E-state index in [1.54, 1.807) is 0 Å². The second-order valence-corrected chi connectivity index (χ2v) is 6.18. The van der Waals surface area contributed by atoms with E-state index < -0.39 is 6.36 Å². The largest absolute Gasteiger partial charge is 0.573 e. The molecule has 29 heavy (non-hydrogen) atoms. The van der Waals surface area contributed by atoms with Gasteiger partial charge < -0.3 is 15.8 Å². The van der Waals surface area contributed by atoms with Gasteiger partial charge in [0.15, 0.2) is 5.96 Å². The first-order valence-electron chi connectivity index (χ1n) is 9.02. The third kappa shape index (κ3) is 9.35. The number of ether oxygens (including phenoxy) is 1. The molecule has 2 aromatic rings. The fourth-order valence-corrected chi connectivity index (χ4v) is 2.64. The highest BCUT2D eigenvalue weighted by molar-refractivity contribution is 14.0. The van der Waals surface area contributed by atoms with Crippen LogP contribution in [0.3, 0.4) is 0 Å². The van der Waals surface area contributed by atoms with Gasteiger partial charge in [-0.3, -0.25) is 4.90 Å². The number of hydrogen-bond acceptors (Lipinski definition) is 3. The van der Waals surface area contributed by atoms with Crippen LogP contribution in [0.5, 0.6) is 5.75 Å². The third-order valence-electron chi connectivity index (χ3n) is 4.08. The van der Waals surface area contributed by atoms with E-state index in [0.717, 1.165) is 25.2 Å². The molecule has 3 N–H and O–H groups in total. The number of aliphatic imine (C=N–C) groups is 1. The van der Waals surface area contributed by atoms with Gasteiger partial charge in [-0.25, -0.2) is 4.99 Å². The standard InChI is InChI=1S/C20H25F3N4O.HI/c1-3-27(4-2)14-16-7-5-6-15(12-16)13-25-19(24)26-17-8-10-18(11-9-17)28-20(21,22)23;/h5-12H,3-4,13-14H2,1-2H3,(H3,24,25,26);1H. The average molecular weight is 522 g/mol. The van der Waals surface area contributed by atoms with Crippen LogP contribution in [0, 0.1) is 0 Å². The summed E-state index contributed by atoms with van der Waals surface area (Å²) in [5.74, 6) is -0.114. The molecule has 0 aliphatic rings. The number of halogens is 4. The van der Waals surface area contributed by atoms with Crippen molar-refractivity contribution in [1.82, 2.24) is 4.90 Å². The molecule has 9 heteroatoms. The lowest BCUT2D eigenvalue weighted by Crippen LogP contribution is -2.23. The number of nitrogens with zero attached hydrogens (tertiary/aromatic N) is 2. The van der Waals surface area contributed by atoms with Crippen LogP contribution < -0.4 is 15.8 Å². The van der Waals surface area contributed by atoms with Gasteiger partial charge in [0.05, 0.1) is 6.54 Å². The van der Waals surface area contributed by atoms with Crippen LogP contribution in [-0.4, -0.2) is 30.3 Å². The highest BCUT2D eigenvalue weighted by atomic mass is 127. The van der Waals surface area contributed by atoms with Gasteiger partial charge in [0.1, 0.15) is 5.75 Å². The van der Waals surface area contributed by atoms with Crippen molar-refractivity contribution in [1.29, 1.82) is 0 Å². The number of nitrogens with one attached hydrogen (secondary N) is 1. The number of nitrogens with two attached hydrogens (primary N) is 1. The first-order chi connectivity index (χ1) is 13.3. The van der Waals surface area contributed by atoms with Crippen LogP contribution in [0.4, 0.5) is 18.9 Å². The summed E-state index contributed by atoms with van der Waals surface area (Å²) in [6.45, 7) is 7.52. The Hall–Kier alpha value is -2.01. The third-order valence-corrected chi connectivity index (χ3v) is 4.08. The maximum Gasteiger partial charge on any atom is 0.573 e. The molecule has 0 saturated heterocycles. The van der Waals surface area contributed by atoms with Crippen molar-refractivity contribution in [3.8, 4) is 5.75 Å². The van der Waals surface area contributed by atoms with Gasteiger partial charge in [0.25, 0.3) is 0 Å². The Morgan fingerprint density at radius 1 is 1.07 bits per heavy atom. The quantitative estimate of drug-likeness (QED) is 0.292. The number of guanidine groups is 1. The van der Waals surface area contributed by atoms with Crippen molar-refractivity contribution >= 4 is 35.6 Å². The lowest BCUT2D eigenvalue weighted by Gasteiger charge is -2.18. The molecular formula is C20H26F3IN4O. The van der Waals surface area contributed by atoms with Crippen LogP contribution in [0.15, 0.2) is 53.5 Å². The van der Waals surface area contributed by atoms with Gasteiger partial charge in [-0.05, 0) is 48.5 Å². The Morgan fingerprint density at radius 3 is 2.28 bits per heavy atom. The van der Waals surface area contributed by atoms with Crippen molar-refractivity contribution in [2.45, 2.75) is 33.3 Å². The second-order valence-electron chi connectivity index (χ2n) is 6.18. The Kier molecular flexibility index (Phi) is 10.2. The van der Waals surface area contributed by atoms with Gasteiger partial charge in [-0.2, -0.15) is 0 Å². The second kappa shape index (κ2) is 11.9. The zero-order valence-electron chi connectivity index (χ0n) is 16.4. The Labute approximate surface area is 186 Å².